The van der Waals surface area contributed by atoms with Crippen LogP contribution in [-0.2, 0) is 4.79 Å². The minimum absolute atomic E-state index is 0.166. The summed E-state index contributed by atoms with van der Waals surface area (Å²) < 4.78 is 0.548. The molecule has 0 aliphatic heterocycles. The monoisotopic (exact) mass is 362 g/mol. The fourth-order valence-corrected chi connectivity index (χ4v) is 2.12. The van der Waals surface area contributed by atoms with Crippen LogP contribution in [0.4, 0.5) is 10.5 Å². The van der Waals surface area contributed by atoms with Crippen molar-refractivity contribution in [2.45, 2.75) is 26.3 Å². The van der Waals surface area contributed by atoms with Gasteiger partial charge in [0.05, 0.1) is 15.2 Å². The van der Waals surface area contributed by atoms with Crippen LogP contribution in [0.2, 0.25) is 5.02 Å². The number of benzene rings is 1. The van der Waals surface area contributed by atoms with Gasteiger partial charge in [-0.25, -0.2) is 9.59 Å². The zero-order valence-electron chi connectivity index (χ0n) is 11.1. The maximum absolute atomic E-state index is 11.9. The molecular formula is C13H16BrClN2O3. The number of halogens is 2. The van der Waals surface area contributed by atoms with Crippen molar-refractivity contribution in [3.63, 3.8) is 0 Å². The maximum Gasteiger partial charge on any atom is 0.326 e. The summed E-state index contributed by atoms with van der Waals surface area (Å²) in [5, 5.41) is 14.6. The van der Waals surface area contributed by atoms with E-state index in [1.54, 1.807) is 25.1 Å². The molecule has 2 atom stereocenters. The number of rotatable bonds is 5. The molecule has 110 valence electrons. The highest BCUT2D eigenvalue weighted by molar-refractivity contribution is 9.10. The van der Waals surface area contributed by atoms with Gasteiger partial charge in [0.15, 0.2) is 0 Å². The van der Waals surface area contributed by atoms with E-state index in [2.05, 4.69) is 26.6 Å². The van der Waals surface area contributed by atoms with Crippen LogP contribution < -0.4 is 10.6 Å². The van der Waals surface area contributed by atoms with Crippen molar-refractivity contribution in [1.82, 2.24) is 5.32 Å². The standard InChI is InChI=1S/C13H16BrClN2O3/c1-3-7(2)11(12(18)19)17-13(20)16-9-6-4-5-8(15)10(9)14/h4-7,11H,3H2,1-2H3,(H,18,19)(H2,16,17,20)/t7-,11-/m0/s1. The van der Waals surface area contributed by atoms with Gasteiger partial charge in [0.2, 0.25) is 0 Å². The molecule has 1 rings (SSSR count). The van der Waals surface area contributed by atoms with Crippen LogP contribution >= 0.6 is 27.5 Å². The molecule has 3 N–H and O–H groups in total. The molecule has 0 heterocycles. The van der Waals surface area contributed by atoms with Gasteiger partial charge in [0.25, 0.3) is 0 Å². The summed E-state index contributed by atoms with van der Waals surface area (Å²) in [6.07, 6.45) is 0.651. The van der Waals surface area contributed by atoms with Crippen LogP contribution in [-0.4, -0.2) is 23.1 Å². The lowest BCUT2D eigenvalue weighted by molar-refractivity contribution is -0.140. The molecule has 1 aromatic rings. The second-order valence-corrected chi connectivity index (χ2v) is 5.60. The van der Waals surface area contributed by atoms with Gasteiger partial charge in [-0.15, -0.1) is 0 Å². The van der Waals surface area contributed by atoms with Crippen molar-refractivity contribution in [2.75, 3.05) is 5.32 Å². The summed E-state index contributed by atoms with van der Waals surface area (Å²) >= 11 is 9.17. The van der Waals surface area contributed by atoms with Crippen LogP contribution in [0.15, 0.2) is 22.7 Å². The zero-order chi connectivity index (χ0) is 15.3. The first-order valence-electron chi connectivity index (χ1n) is 6.11. The lowest BCUT2D eigenvalue weighted by atomic mass is 9.99. The molecule has 0 spiro atoms. The number of anilines is 1. The molecule has 0 saturated heterocycles. The van der Waals surface area contributed by atoms with Gasteiger partial charge in [0, 0.05) is 0 Å². The van der Waals surface area contributed by atoms with E-state index in [1.807, 2.05) is 6.92 Å². The first kappa shape index (κ1) is 16.8. The molecule has 0 radical (unpaired) electrons. The Balaban J connectivity index is 2.76. The Morgan fingerprint density at radius 3 is 2.65 bits per heavy atom. The molecule has 0 saturated carbocycles. The molecule has 0 fully saturated rings. The molecule has 0 aliphatic carbocycles. The molecule has 2 amide bonds. The number of carbonyl (C=O) groups excluding carboxylic acids is 1. The number of hydrogen-bond acceptors (Lipinski definition) is 2. The molecule has 7 heteroatoms. The molecule has 0 aromatic heterocycles. The topological polar surface area (TPSA) is 78.4 Å². The Bertz CT molecular complexity index is 510. The average molecular weight is 364 g/mol. The van der Waals surface area contributed by atoms with Crippen molar-refractivity contribution in [3.8, 4) is 0 Å². The second kappa shape index (κ2) is 7.50. The number of carboxylic acids is 1. The van der Waals surface area contributed by atoms with Gasteiger partial charge in [-0.1, -0.05) is 37.9 Å². The molecule has 5 nitrogen and oxygen atoms in total. The quantitative estimate of drug-likeness (QED) is 0.746. The number of amides is 2. The lowest BCUT2D eigenvalue weighted by Crippen LogP contribution is -2.46. The summed E-state index contributed by atoms with van der Waals surface area (Å²) in [4.78, 5) is 23.0. The third kappa shape index (κ3) is 4.38. The lowest BCUT2D eigenvalue weighted by Gasteiger charge is -2.20. The predicted molar refractivity (Wildman–Crippen MR) is 82.2 cm³/mol. The van der Waals surface area contributed by atoms with Crippen molar-refractivity contribution >= 4 is 45.2 Å². The van der Waals surface area contributed by atoms with Gasteiger partial charge >= 0.3 is 12.0 Å². The van der Waals surface area contributed by atoms with E-state index in [9.17, 15) is 9.59 Å². The van der Waals surface area contributed by atoms with E-state index in [0.717, 1.165) is 0 Å². The Hall–Kier alpha value is -1.27. The third-order valence-corrected chi connectivity index (χ3v) is 4.36. The van der Waals surface area contributed by atoms with Crippen molar-refractivity contribution in [1.29, 1.82) is 0 Å². The van der Waals surface area contributed by atoms with E-state index in [-0.39, 0.29) is 5.92 Å². The molecular weight excluding hydrogens is 348 g/mol. The van der Waals surface area contributed by atoms with E-state index < -0.39 is 18.0 Å². The van der Waals surface area contributed by atoms with Gasteiger partial charge < -0.3 is 15.7 Å². The number of aliphatic carboxylic acids is 1. The average Bonchev–Trinajstić information content (AvgIpc) is 2.40. The van der Waals surface area contributed by atoms with Crippen molar-refractivity contribution in [3.05, 3.63) is 27.7 Å². The summed E-state index contributed by atoms with van der Waals surface area (Å²) in [5.41, 5.74) is 0.475. The first-order chi connectivity index (χ1) is 9.36. The second-order valence-electron chi connectivity index (χ2n) is 4.40. The number of urea groups is 1. The number of nitrogens with one attached hydrogen (secondary N) is 2. The number of carboxylic acid groups (broad SMARTS) is 1. The van der Waals surface area contributed by atoms with Gasteiger partial charge in [-0.05, 0) is 34.0 Å². The Kier molecular flexibility index (Phi) is 6.29. The Morgan fingerprint density at radius 2 is 2.10 bits per heavy atom. The van der Waals surface area contributed by atoms with Crippen LogP contribution in [0.5, 0.6) is 0 Å². The van der Waals surface area contributed by atoms with Crippen molar-refractivity contribution < 1.29 is 14.7 Å². The van der Waals surface area contributed by atoms with E-state index in [4.69, 9.17) is 16.7 Å². The highest BCUT2D eigenvalue weighted by Crippen LogP contribution is 2.29. The van der Waals surface area contributed by atoms with Crippen molar-refractivity contribution in [2.24, 2.45) is 5.92 Å². The Labute approximate surface area is 130 Å². The van der Waals surface area contributed by atoms with Crippen LogP contribution in [0.25, 0.3) is 0 Å². The maximum atomic E-state index is 11.9. The number of carbonyl (C=O) groups is 2. The van der Waals surface area contributed by atoms with Gasteiger partial charge in [0.1, 0.15) is 6.04 Å². The fourth-order valence-electron chi connectivity index (χ4n) is 1.58. The molecule has 0 unspecified atom stereocenters. The Morgan fingerprint density at radius 1 is 1.45 bits per heavy atom. The largest absolute Gasteiger partial charge is 0.480 e. The summed E-state index contributed by atoms with van der Waals surface area (Å²) in [7, 11) is 0. The SMILES string of the molecule is CC[C@H](C)[C@H](NC(=O)Nc1cccc(Cl)c1Br)C(=O)O. The zero-order valence-corrected chi connectivity index (χ0v) is 13.5. The van der Waals surface area contributed by atoms with Gasteiger partial charge in [-0.3, -0.25) is 0 Å². The highest BCUT2D eigenvalue weighted by atomic mass is 79.9. The smallest absolute Gasteiger partial charge is 0.326 e. The summed E-state index contributed by atoms with van der Waals surface area (Å²) in [5.74, 6) is -1.22. The van der Waals surface area contributed by atoms with E-state index in [0.29, 0.717) is 21.6 Å². The first-order valence-corrected chi connectivity index (χ1v) is 7.28. The van der Waals surface area contributed by atoms with E-state index >= 15 is 0 Å². The fraction of sp³-hybridized carbons (Fsp3) is 0.385. The van der Waals surface area contributed by atoms with E-state index in [1.165, 1.54) is 0 Å². The summed E-state index contributed by atoms with van der Waals surface area (Å²) in [6, 6.07) is 3.51. The highest BCUT2D eigenvalue weighted by Gasteiger charge is 2.25. The number of hydrogen-bond donors (Lipinski definition) is 3. The van der Waals surface area contributed by atoms with Crippen LogP contribution in [0.1, 0.15) is 20.3 Å². The molecule has 20 heavy (non-hydrogen) atoms. The predicted octanol–water partition coefficient (Wildman–Crippen LogP) is 3.72. The summed E-state index contributed by atoms with van der Waals surface area (Å²) in [6.45, 7) is 3.64. The molecule has 0 aliphatic rings. The van der Waals surface area contributed by atoms with Crippen LogP contribution in [0, 0.1) is 5.92 Å². The molecule has 0 bridgehead atoms. The third-order valence-electron chi connectivity index (χ3n) is 2.97. The minimum atomic E-state index is -1.06. The normalized spacial score (nSPS) is 13.4. The van der Waals surface area contributed by atoms with Gasteiger partial charge in [-0.2, -0.15) is 0 Å². The van der Waals surface area contributed by atoms with Crippen LogP contribution in [0.3, 0.4) is 0 Å². The minimum Gasteiger partial charge on any atom is -0.480 e. The molecule has 1 aromatic carbocycles.